The van der Waals surface area contributed by atoms with Gasteiger partial charge in [-0.3, -0.25) is 9.89 Å². The number of carbonyl (C=O) groups excluding carboxylic acids is 1. The Morgan fingerprint density at radius 3 is 3.00 bits per heavy atom. The minimum absolute atomic E-state index is 0.168. The van der Waals surface area contributed by atoms with Crippen LogP contribution in [-0.2, 0) is 4.74 Å². The highest BCUT2D eigenvalue weighted by molar-refractivity contribution is 5.93. The van der Waals surface area contributed by atoms with Gasteiger partial charge in [0.2, 0.25) is 0 Å². The molecule has 0 unspecified atom stereocenters. The summed E-state index contributed by atoms with van der Waals surface area (Å²) in [7, 11) is 1.68. The fourth-order valence-electron chi connectivity index (χ4n) is 1.59. The Labute approximate surface area is 87.2 Å². The second kappa shape index (κ2) is 3.90. The summed E-state index contributed by atoms with van der Waals surface area (Å²) in [4.78, 5) is 11.6. The van der Waals surface area contributed by atoms with E-state index in [1.807, 2.05) is 0 Å². The van der Waals surface area contributed by atoms with Gasteiger partial charge < -0.3 is 15.8 Å². The molecule has 0 bridgehead atoms. The number of H-pyrrole nitrogens is 1. The van der Waals surface area contributed by atoms with Gasteiger partial charge in [0.25, 0.3) is 5.91 Å². The Morgan fingerprint density at radius 1 is 1.73 bits per heavy atom. The molecule has 0 radical (unpaired) electrons. The molecule has 4 N–H and O–H groups in total. The zero-order valence-corrected chi connectivity index (χ0v) is 8.49. The fraction of sp³-hybridized carbons (Fsp3) is 0.556. The van der Waals surface area contributed by atoms with Gasteiger partial charge in [-0.15, -0.1) is 0 Å². The topological polar surface area (TPSA) is 93.0 Å². The minimum Gasteiger partial charge on any atom is -0.382 e. The van der Waals surface area contributed by atoms with E-state index in [9.17, 15) is 4.79 Å². The molecular formula is C9H14N4O2. The number of aromatic nitrogens is 2. The molecule has 0 atom stereocenters. The summed E-state index contributed by atoms with van der Waals surface area (Å²) in [6.07, 6.45) is 2.01. The quantitative estimate of drug-likeness (QED) is 0.649. The van der Waals surface area contributed by atoms with Gasteiger partial charge in [-0.2, -0.15) is 5.10 Å². The first-order valence-corrected chi connectivity index (χ1v) is 4.83. The third-order valence-corrected chi connectivity index (χ3v) is 2.61. The molecular weight excluding hydrogens is 196 g/mol. The molecule has 1 aliphatic rings. The molecule has 1 heterocycles. The molecule has 0 aromatic carbocycles. The Bertz CT molecular complexity index is 357. The maximum absolute atomic E-state index is 11.6. The molecule has 2 rings (SSSR count). The Balaban J connectivity index is 1.84. The first-order chi connectivity index (χ1) is 7.19. The summed E-state index contributed by atoms with van der Waals surface area (Å²) < 4.78 is 5.12. The number of rotatable bonds is 3. The Hall–Kier alpha value is -1.56. The third kappa shape index (κ3) is 2.10. The van der Waals surface area contributed by atoms with Crippen LogP contribution in [0.25, 0.3) is 0 Å². The molecule has 6 heteroatoms. The number of hydrogen-bond donors (Lipinski definition) is 3. The average molecular weight is 210 g/mol. The van der Waals surface area contributed by atoms with E-state index in [-0.39, 0.29) is 18.1 Å². The van der Waals surface area contributed by atoms with Crippen LogP contribution in [0, 0.1) is 0 Å². The van der Waals surface area contributed by atoms with Crippen LogP contribution in [0.4, 0.5) is 5.82 Å². The summed E-state index contributed by atoms with van der Waals surface area (Å²) >= 11 is 0. The highest BCUT2D eigenvalue weighted by Gasteiger charge is 2.30. The average Bonchev–Trinajstić information content (AvgIpc) is 2.57. The van der Waals surface area contributed by atoms with E-state index in [0.29, 0.717) is 11.5 Å². The maximum Gasteiger partial charge on any atom is 0.269 e. The zero-order chi connectivity index (χ0) is 10.8. The summed E-state index contributed by atoms with van der Waals surface area (Å²) in [5, 5.41) is 9.12. The molecule has 6 nitrogen and oxygen atoms in total. The SMILES string of the molecule is COC1CC(NC(=O)c2cc(N)n[nH]2)C1. The summed E-state index contributed by atoms with van der Waals surface area (Å²) in [5.74, 6) is 0.155. The van der Waals surface area contributed by atoms with Crippen LogP contribution in [-0.4, -0.2) is 35.4 Å². The van der Waals surface area contributed by atoms with Crippen molar-refractivity contribution in [1.29, 1.82) is 0 Å². The number of carbonyl (C=O) groups is 1. The molecule has 15 heavy (non-hydrogen) atoms. The first-order valence-electron chi connectivity index (χ1n) is 4.83. The van der Waals surface area contributed by atoms with Gasteiger partial charge >= 0.3 is 0 Å². The van der Waals surface area contributed by atoms with Gasteiger partial charge in [0, 0.05) is 19.2 Å². The van der Waals surface area contributed by atoms with Crippen molar-refractivity contribution >= 4 is 11.7 Å². The molecule has 82 valence electrons. The molecule has 0 aliphatic heterocycles. The van der Waals surface area contributed by atoms with E-state index in [0.717, 1.165) is 12.8 Å². The lowest BCUT2D eigenvalue weighted by atomic mass is 9.89. The number of hydrogen-bond acceptors (Lipinski definition) is 4. The summed E-state index contributed by atoms with van der Waals surface area (Å²) in [6.45, 7) is 0. The van der Waals surface area contributed by atoms with Crippen molar-refractivity contribution in [3.8, 4) is 0 Å². The Kier molecular flexibility index (Phi) is 2.59. The van der Waals surface area contributed by atoms with Crippen molar-refractivity contribution in [3.05, 3.63) is 11.8 Å². The number of nitrogens with zero attached hydrogens (tertiary/aromatic N) is 1. The van der Waals surface area contributed by atoms with Gasteiger partial charge in [-0.25, -0.2) is 0 Å². The second-order valence-electron chi connectivity index (χ2n) is 3.71. The van der Waals surface area contributed by atoms with Crippen LogP contribution in [0.2, 0.25) is 0 Å². The maximum atomic E-state index is 11.6. The van der Waals surface area contributed by atoms with E-state index in [1.54, 1.807) is 7.11 Å². The standard InChI is InChI=1S/C9H14N4O2/c1-15-6-2-5(3-6)11-9(14)7-4-8(10)13-12-7/h4-6H,2-3H2,1H3,(H,11,14)(H3,10,12,13). The molecule has 1 aliphatic carbocycles. The largest absolute Gasteiger partial charge is 0.382 e. The number of amides is 1. The van der Waals surface area contributed by atoms with Gasteiger partial charge in [-0.1, -0.05) is 0 Å². The van der Waals surface area contributed by atoms with Crippen molar-refractivity contribution in [2.24, 2.45) is 0 Å². The van der Waals surface area contributed by atoms with Crippen LogP contribution in [0.15, 0.2) is 6.07 Å². The predicted molar refractivity (Wildman–Crippen MR) is 54.3 cm³/mol. The minimum atomic E-state index is -0.168. The number of nitrogens with two attached hydrogens (primary N) is 1. The van der Waals surface area contributed by atoms with Gasteiger partial charge in [-0.05, 0) is 12.8 Å². The lowest BCUT2D eigenvalue weighted by Crippen LogP contribution is -2.47. The van der Waals surface area contributed by atoms with Crippen molar-refractivity contribution < 1.29 is 9.53 Å². The smallest absolute Gasteiger partial charge is 0.269 e. The lowest BCUT2D eigenvalue weighted by Gasteiger charge is -2.34. The predicted octanol–water partition coefficient (Wildman–Crippen LogP) is -0.101. The van der Waals surface area contributed by atoms with Crippen LogP contribution in [0.1, 0.15) is 23.3 Å². The van der Waals surface area contributed by atoms with E-state index < -0.39 is 0 Å². The van der Waals surface area contributed by atoms with E-state index in [1.165, 1.54) is 6.07 Å². The molecule has 1 aromatic rings. The van der Waals surface area contributed by atoms with Crippen molar-refractivity contribution in [3.63, 3.8) is 0 Å². The summed E-state index contributed by atoms with van der Waals surface area (Å²) in [5.41, 5.74) is 5.79. The number of ether oxygens (including phenoxy) is 1. The zero-order valence-electron chi connectivity index (χ0n) is 8.49. The number of methoxy groups -OCH3 is 1. The lowest BCUT2D eigenvalue weighted by molar-refractivity contribution is 0.0175. The Morgan fingerprint density at radius 2 is 2.47 bits per heavy atom. The third-order valence-electron chi connectivity index (χ3n) is 2.61. The second-order valence-corrected chi connectivity index (χ2v) is 3.71. The number of aromatic amines is 1. The fourth-order valence-corrected chi connectivity index (χ4v) is 1.59. The first kappa shape index (κ1) is 9.97. The van der Waals surface area contributed by atoms with Gasteiger partial charge in [0.05, 0.1) is 6.10 Å². The monoisotopic (exact) mass is 210 g/mol. The highest BCUT2D eigenvalue weighted by Crippen LogP contribution is 2.22. The number of nitrogen functional groups attached to an aromatic ring is 1. The van der Waals surface area contributed by atoms with Gasteiger partial charge in [0.1, 0.15) is 11.5 Å². The van der Waals surface area contributed by atoms with Gasteiger partial charge in [0.15, 0.2) is 0 Å². The van der Waals surface area contributed by atoms with Crippen LogP contribution in [0.3, 0.4) is 0 Å². The molecule has 1 amide bonds. The molecule has 0 spiro atoms. The van der Waals surface area contributed by atoms with Crippen molar-refractivity contribution in [2.45, 2.75) is 25.0 Å². The normalized spacial score (nSPS) is 24.6. The highest BCUT2D eigenvalue weighted by atomic mass is 16.5. The van der Waals surface area contributed by atoms with Crippen LogP contribution < -0.4 is 11.1 Å². The number of nitrogens with one attached hydrogen (secondary N) is 2. The van der Waals surface area contributed by atoms with Crippen LogP contribution >= 0.6 is 0 Å². The van der Waals surface area contributed by atoms with E-state index >= 15 is 0 Å². The molecule has 0 saturated heterocycles. The molecule has 1 aromatic heterocycles. The van der Waals surface area contributed by atoms with E-state index in [4.69, 9.17) is 10.5 Å². The summed E-state index contributed by atoms with van der Waals surface area (Å²) in [6, 6.07) is 1.72. The van der Waals surface area contributed by atoms with Crippen molar-refractivity contribution in [2.75, 3.05) is 12.8 Å². The molecule has 1 saturated carbocycles. The van der Waals surface area contributed by atoms with Crippen molar-refractivity contribution in [1.82, 2.24) is 15.5 Å². The van der Waals surface area contributed by atoms with E-state index in [2.05, 4.69) is 15.5 Å². The number of anilines is 1. The molecule has 1 fully saturated rings. The van der Waals surface area contributed by atoms with Crippen LogP contribution in [0.5, 0.6) is 0 Å².